The molecule has 0 bridgehead atoms. The molecule has 0 aliphatic rings. The van der Waals surface area contributed by atoms with Crippen LogP contribution in [0.1, 0.15) is 0 Å². The third-order valence-corrected chi connectivity index (χ3v) is 2.43. The topological polar surface area (TPSA) is 155 Å². The van der Waals surface area contributed by atoms with E-state index in [0.29, 0.717) is 0 Å². The van der Waals surface area contributed by atoms with E-state index in [1.807, 2.05) is 36.4 Å². The van der Waals surface area contributed by atoms with Crippen LogP contribution in [0.4, 0.5) is 0 Å². The number of nitrogens with zero attached hydrogens (tertiary/aromatic N) is 3. The van der Waals surface area contributed by atoms with Gasteiger partial charge in [-0.2, -0.15) is 5.75 Å². The van der Waals surface area contributed by atoms with Crippen molar-refractivity contribution >= 4 is 18.6 Å². The average molecular weight is 445 g/mol. The average Bonchev–Trinajstić information content (AvgIpc) is 2.55. The molecule has 0 saturated heterocycles. The number of aromatic nitrogens is 2. The summed E-state index contributed by atoms with van der Waals surface area (Å²) in [5.41, 5.74) is 6.68. The molecule has 0 aromatic carbocycles. The number of carbonyl (C=O) groups excluding carboxylic acids is 1. The van der Waals surface area contributed by atoms with Gasteiger partial charge in [-0.05, 0) is 24.3 Å². The standard InChI is InChI=1S/C10H8N2.C3H7NO2S.HNO3.Pd/c1-3-7-11-9(5-1)10-6-2-4-8-12-10;4-2(1-7)3(5)6;2-1(3)4;/h1-8H;2,7H,1,4H2,(H,5,6);(H,2,3,4);/q;;;+2/p-2. The fraction of sp³-hybridized carbons (Fsp3) is 0.154. The maximum atomic E-state index is 9.63. The van der Waals surface area contributed by atoms with Crippen molar-refractivity contribution in [1.29, 1.82) is 0 Å². The molecular weight excluding hydrogens is 431 g/mol. The molecule has 0 spiro atoms. The van der Waals surface area contributed by atoms with E-state index in [4.69, 9.17) is 21.1 Å². The van der Waals surface area contributed by atoms with Gasteiger partial charge < -0.3 is 33.5 Å². The summed E-state index contributed by atoms with van der Waals surface area (Å²) in [4.78, 5) is 26.4. The van der Waals surface area contributed by atoms with E-state index in [2.05, 4.69) is 22.6 Å². The zero-order chi connectivity index (χ0) is 17.7. The quantitative estimate of drug-likeness (QED) is 0.273. The third kappa shape index (κ3) is 12.5. The van der Waals surface area contributed by atoms with Crippen LogP contribution in [-0.4, -0.2) is 38.0 Å². The number of hydrogen-bond acceptors (Lipinski definition) is 8. The van der Waals surface area contributed by atoms with Gasteiger partial charge in [0.1, 0.15) is 0 Å². The number of rotatable bonds is 3. The number of carbonyl (C=O) groups is 1. The number of aliphatic carboxylic acids is 1. The minimum Gasteiger partial charge on any atom is -0.791 e. The van der Waals surface area contributed by atoms with Crippen molar-refractivity contribution in [3.63, 3.8) is 0 Å². The molecule has 1 atom stereocenters. The molecule has 132 valence electrons. The summed E-state index contributed by atoms with van der Waals surface area (Å²) in [7, 11) is 0. The van der Waals surface area contributed by atoms with E-state index in [1.165, 1.54) is 0 Å². The summed E-state index contributed by atoms with van der Waals surface area (Å²) in [6.45, 7) is 0. The van der Waals surface area contributed by atoms with E-state index in [0.717, 1.165) is 11.4 Å². The first-order chi connectivity index (χ1) is 10.9. The Kier molecular flexibility index (Phi) is 14.6. The van der Waals surface area contributed by atoms with Gasteiger partial charge in [0.05, 0.1) is 17.4 Å². The number of nitrogens with two attached hydrogens (primary N) is 1. The van der Waals surface area contributed by atoms with Crippen LogP contribution in [0, 0.1) is 10.1 Å². The molecule has 0 saturated carbocycles. The largest absolute Gasteiger partial charge is 2.00 e. The van der Waals surface area contributed by atoms with Gasteiger partial charge in [-0.3, -0.25) is 9.97 Å². The first-order valence-corrected chi connectivity index (χ1v) is 6.66. The molecule has 11 heteroatoms. The van der Waals surface area contributed by atoms with Crippen LogP contribution in [0.2, 0.25) is 0 Å². The second-order valence-electron chi connectivity index (χ2n) is 3.76. The molecule has 0 aliphatic carbocycles. The Labute approximate surface area is 157 Å². The van der Waals surface area contributed by atoms with Crippen LogP contribution in [0.15, 0.2) is 48.8 Å². The Balaban J connectivity index is 0. The molecule has 2 heterocycles. The monoisotopic (exact) mass is 444 g/mol. The third-order valence-electron chi connectivity index (χ3n) is 2.07. The maximum Gasteiger partial charge on any atom is 2.00 e. The molecular formula is C13H14N4O5PdS. The van der Waals surface area contributed by atoms with Gasteiger partial charge in [0, 0.05) is 18.4 Å². The van der Waals surface area contributed by atoms with E-state index < -0.39 is 17.1 Å². The van der Waals surface area contributed by atoms with Crippen LogP contribution in [-0.2, 0) is 37.8 Å². The maximum absolute atomic E-state index is 9.63. The SMILES string of the molecule is NC(C[S-])C(=O)[O-].O=[N+]([O-])O.[Pd+2].c1ccc(-c2ccccn2)nc1. The predicted octanol–water partition coefficient (Wildman–Crippen LogP) is -0.596. The second kappa shape index (κ2) is 14.5. The van der Waals surface area contributed by atoms with Crippen LogP contribution < -0.4 is 10.8 Å². The van der Waals surface area contributed by atoms with Crippen molar-refractivity contribution < 1.29 is 40.6 Å². The number of hydrogen-bond donors (Lipinski definition) is 2. The van der Waals surface area contributed by atoms with Crippen LogP contribution >= 0.6 is 0 Å². The van der Waals surface area contributed by atoms with Crippen molar-refractivity contribution in [2.45, 2.75) is 6.04 Å². The summed E-state index contributed by atoms with van der Waals surface area (Å²) in [5, 5.41) is 23.3. The van der Waals surface area contributed by atoms with Gasteiger partial charge >= 0.3 is 20.4 Å². The van der Waals surface area contributed by atoms with Gasteiger partial charge in [-0.15, -0.1) is 10.1 Å². The molecule has 2 rings (SSSR count). The second-order valence-corrected chi connectivity index (χ2v) is 4.09. The van der Waals surface area contributed by atoms with E-state index >= 15 is 0 Å². The Morgan fingerprint density at radius 2 is 1.58 bits per heavy atom. The summed E-state index contributed by atoms with van der Waals surface area (Å²) < 4.78 is 0. The Morgan fingerprint density at radius 3 is 1.75 bits per heavy atom. The Bertz CT molecular complexity index is 550. The van der Waals surface area contributed by atoms with Gasteiger partial charge in [-0.25, -0.2) is 0 Å². The molecule has 3 N–H and O–H groups in total. The van der Waals surface area contributed by atoms with Gasteiger partial charge in [-0.1, -0.05) is 12.1 Å². The predicted molar refractivity (Wildman–Crippen MR) is 81.5 cm³/mol. The Morgan fingerprint density at radius 1 is 1.21 bits per heavy atom. The minimum atomic E-state index is -1.50. The minimum absolute atomic E-state index is 0. The van der Waals surface area contributed by atoms with E-state index in [-0.39, 0.29) is 26.2 Å². The van der Waals surface area contributed by atoms with E-state index in [1.54, 1.807) is 12.4 Å². The summed E-state index contributed by atoms with van der Waals surface area (Å²) >= 11 is 4.31. The first-order valence-electron chi connectivity index (χ1n) is 6.08. The zero-order valence-electron chi connectivity index (χ0n) is 12.1. The van der Waals surface area contributed by atoms with Crippen molar-refractivity contribution in [2.24, 2.45) is 5.73 Å². The zero-order valence-corrected chi connectivity index (χ0v) is 14.5. The van der Waals surface area contributed by atoms with Gasteiger partial charge in [0.15, 0.2) is 0 Å². The van der Waals surface area contributed by atoms with Crippen molar-refractivity contribution in [2.75, 3.05) is 5.75 Å². The fourth-order valence-corrected chi connectivity index (χ4v) is 1.23. The normalized spacial score (nSPS) is 9.75. The number of pyridine rings is 2. The fourth-order valence-electron chi connectivity index (χ4n) is 1.10. The van der Waals surface area contributed by atoms with Gasteiger partial charge in [0.2, 0.25) is 0 Å². The molecule has 2 aromatic heterocycles. The van der Waals surface area contributed by atoms with Crippen LogP contribution in [0.5, 0.6) is 0 Å². The molecule has 1 unspecified atom stereocenters. The molecule has 9 nitrogen and oxygen atoms in total. The Hall–Kier alpha value is -2.06. The van der Waals surface area contributed by atoms with E-state index in [9.17, 15) is 9.90 Å². The number of carboxylic acid groups (broad SMARTS) is 1. The van der Waals surface area contributed by atoms with Crippen molar-refractivity contribution in [3.05, 3.63) is 58.9 Å². The molecule has 0 fully saturated rings. The molecule has 2 aromatic rings. The summed E-state index contributed by atoms with van der Waals surface area (Å²) in [6.07, 6.45) is 3.54. The van der Waals surface area contributed by atoms with Gasteiger partial charge in [0.25, 0.3) is 5.09 Å². The molecule has 0 amide bonds. The first kappa shape index (κ1) is 24.2. The summed E-state index contributed by atoms with van der Waals surface area (Å²) in [5.74, 6) is -1.27. The van der Waals surface area contributed by atoms with Crippen molar-refractivity contribution in [3.8, 4) is 11.4 Å². The number of carboxylic acids is 1. The van der Waals surface area contributed by atoms with Crippen LogP contribution in [0.25, 0.3) is 11.4 Å². The van der Waals surface area contributed by atoms with Crippen molar-refractivity contribution in [1.82, 2.24) is 9.97 Å². The molecule has 0 aliphatic heterocycles. The smallest absolute Gasteiger partial charge is 0.791 e. The summed E-state index contributed by atoms with van der Waals surface area (Å²) in [6, 6.07) is 10.6. The van der Waals surface area contributed by atoms with Crippen LogP contribution in [0.3, 0.4) is 0 Å². The molecule has 0 radical (unpaired) electrons. The molecule has 24 heavy (non-hydrogen) atoms.